The molecule has 4 heteroatoms. The Morgan fingerprint density at radius 1 is 1.13 bits per heavy atom. The fourth-order valence-electron chi connectivity index (χ4n) is 3.46. The molecule has 0 bridgehead atoms. The van der Waals surface area contributed by atoms with Gasteiger partial charge in [-0.1, -0.05) is 12.5 Å². The number of nitrogens with zero attached hydrogens (tertiary/aromatic N) is 1. The van der Waals surface area contributed by atoms with Crippen molar-refractivity contribution in [1.29, 1.82) is 0 Å². The van der Waals surface area contributed by atoms with Crippen molar-refractivity contribution in [3.05, 3.63) is 29.3 Å². The van der Waals surface area contributed by atoms with Crippen molar-refractivity contribution in [2.24, 2.45) is 0 Å². The van der Waals surface area contributed by atoms with E-state index in [0.717, 1.165) is 45.1 Å². The lowest BCUT2D eigenvalue weighted by Crippen LogP contribution is -2.47. The van der Waals surface area contributed by atoms with E-state index in [9.17, 15) is 0 Å². The normalized spacial score (nSPS) is 23.3. The van der Waals surface area contributed by atoms with E-state index < -0.39 is 0 Å². The molecule has 3 rings (SSSR count). The fourth-order valence-corrected chi connectivity index (χ4v) is 3.46. The van der Waals surface area contributed by atoms with E-state index in [1.54, 1.807) is 0 Å². The van der Waals surface area contributed by atoms with Gasteiger partial charge in [0.15, 0.2) is 6.29 Å². The smallest absolute Gasteiger partial charge is 0.173 e. The van der Waals surface area contributed by atoms with Gasteiger partial charge in [-0.15, -0.1) is 0 Å². The number of aryl methyl sites for hydroxylation is 2. The van der Waals surface area contributed by atoms with Crippen molar-refractivity contribution in [2.75, 3.05) is 32.9 Å². The molecule has 2 heterocycles. The third-order valence-electron chi connectivity index (χ3n) is 4.96. The summed E-state index contributed by atoms with van der Waals surface area (Å²) in [6, 6.07) is 6.74. The summed E-state index contributed by atoms with van der Waals surface area (Å²) in [5, 5.41) is 0. The number of piperidine rings is 1. The maximum absolute atomic E-state index is 5.90. The molecule has 4 nitrogen and oxygen atoms in total. The van der Waals surface area contributed by atoms with E-state index in [1.165, 1.54) is 30.4 Å². The molecule has 2 aliphatic heterocycles. The maximum atomic E-state index is 5.90. The number of hydrogen-bond acceptors (Lipinski definition) is 4. The molecule has 0 spiro atoms. The first-order chi connectivity index (χ1) is 11.2. The number of rotatable bonds is 6. The molecule has 0 aromatic heterocycles. The van der Waals surface area contributed by atoms with Crippen molar-refractivity contribution < 1.29 is 14.2 Å². The van der Waals surface area contributed by atoms with Crippen LogP contribution in [0.4, 0.5) is 0 Å². The SMILES string of the molecule is Cc1ccc(OCCCN2CCCCC2C2OCCO2)cc1C. The number of benzene rings is 1. The van der Waals surface area contributed by atoms with Crippen LogP contribution in [-0.4, -0.2) is 50.1 Å². The predicted molar refractivity (Wildman–Crippen MR) is 90.9 cm³/mol. The van der Waals surface area contributed by atoms with Gasteiger partial charge in [-0.05, 0) is 62.9 Å². The molecule has 1 aromatic carbocycles. The summed E-state index contributed by atoms with van der Waals surface area (Å²) in [7, 11) is 0. The van der Waals surface area contributed by atoms with Crippen LogP contribution in [0, 0.1) is 13.8 Å². The molecule has 2 saturated heterocycles. The van der Waals surface area contributed by atoms with Gasteiger partial charge in [0.1, 0.15) is 5.75 Å². The second-order valence-corrected chi connectivity index (χ2v) is 6.66. The van der Waals surface area contributed by atoms with E-state index in [2.05, 4.69) is 36.9 Å². The van der Waals surface area contributed by atoms with Crippen LogP contribution in [0.3, 0.4) is 0 Å². The third-order valence-corrected chi connectivity index (χ3v) is 4.96. The van der Waals surface area contributed by atoms with Crippen LogP contribution in [0.1, 0.15) is 36.8 Å². The average Bonchev–Trinajstić information content (AvgIpc) is 3.09. The topological polar surface area (TPSA) is 30.9 Å². The second kappa shape index (κ2) is 8.13. The Bertz CT molecular complexity index is 499. The Kier molecular flexibility index (Phi) is 5.92. The van der Waals surface area contributed by atoms with Gasteiger partial charge in [-0.2, -0.15) is 0 Å². The van der Waals surface area contributed by atoms with Crippen molar-refractivity contribution in [3.8, 4) is 5.75 Å². The van der Waals surface area contributed by atoms with Crippen molar-refractivity contribution in [1.82, 2.24) is 4.90 Å². The van der Waals surface area contributed by atoms with E-state index in [-0.39, 0.29) is 6.29 Å². The molecule has 0 N–H and O–H groups in total. The summed E-state index contributed by atoms with van der Waals surface area (Å²) in [6.45, 7) is 8.70. The van der Waals surface area contributed by atoms with E-state index in [1.807, 2.05) is 0 Å². The summed E-state index contributed by atoms with van der Waals surface area (Å²) >= 11 is 0. The molecule has 128 valence electrons. The molecule has 0 saturated carbocycles. The quantitative estimate of drug-likeness (QED) is 0.753. The summed E-state index contributed by atoms with van der Waals surface area (Å²) in [5.74, 6) is 0.978. The zero-order valence-corrected chi connectivity index (χ0v) is 14.4. The minimum absolute atomic E-state index is 0.0176. The average molecular weight is 319 g/mol. The summed E-state index contributed by atoms with van der Waals surface area (Å²) < 4.78 is 17.4. The third kappa shape index (κ3) is 4.46. The molecular formula is C19H29NO3. The first-order valence-corrected chi connectivity index (χ1v) is 8.91. The van der Waals surface area contributed by atoms with E-state index in [0.29, 0.717) is 6.04 Å². The van der Waals surface area contributed by atoms with E-state index in [4.69, 9.17) is 14.2 Å². The fraction of sp³-hybridized carbons (Fsp3) is 0.684. The number of likely N-dealkylation sites (tertiary alicyclic amines) is 1. The lowest BCUT2D eigenvalue weighted by atomic mass is 10.0. The molecule has 0 amide bonds. The Balaban J connectivity index is 1.44. The van der Waals surface area contributed by atoms with Crippen LogP contribution in [0.2, 0.25) is 0 Å². The highest BCUT2D eigenvalue weighted by Crippen LogP contribution is 2.24. The molecule has 2 aliphatic rings. The molecule has 1 atom stereocenters. The van der Waals surface area contributed by atoms with Gasteiger partial charge in [0, 0.05) is 6.54 Å². The van der Waals surface area contributed by atoms with Crippen LogP contribution in [0.15, 0.2) is 18.2 Å². The van der Waals surface area contributed by atoms with Crippen LogP contribution < -0.4 is 4.74 Å². The predicted octanol–water partition coefficient (Wildman–Crippen LogP) is 3.30. The van der Waals surface area contributed by atoms with Gasteiger partial charge in [0.25, 0.3) is 0 Å². The molecule has 0 radical (unpaired) electrons. The Labute approximate surface area is 139 Å². The summed E-state index contributed by atoms with van der Waals surface area (Å²) in [6.07, 6.45) is 4.76. The zero-order valence-electron chi connectivity index (χ0n) is 14.4. The first-order valence-electron chi connectivity index (χ1n) is 8.91. The lowest BCUT2D eigenvalue weighted by molar-refractivity contribution is -0.109. The van der Waals surface area contributed by atoms with Crippen LogP contribution in [-0.2, 0) is 9.47 Å². The number of hydrogen-bond donors (Lipinski definition) is 0. The first kappa shape index (κ1) is 16.7. The Morgan fingerprint density at radius 3 is 2.74 bits per heavy atom. The molecule has 0 aliphatic carbocycles. The minimum Gasteiger partial charge on any atom is -0.494 e. The van der Waals surface area contributed by atoms with Crippen LogP contribution in [0.5, 0.6) is 5.75 Å². The monoisotopic (exact) mass is 319 g/mol. The van der Waals surface area contributed by atoms with Gasteiger partial charge < -0.3 is 14.2 Å². The van der Waals surface area contributed by atoms with Crippen LogP contribution >= 0.6 is 0 Å². The maximum Gasteiger partial charge on any atom is 0.173 e. The van der Waals surface area contributed by atoms with Crippen molar-refractivity contribution in [3.63, 3.8) is 0 Å². The van der Waals surface area contributed by atoms with Gasteiger partial charge in [0.05, 0.1) is 25.9 Å². The Morgan fingerprint density at radius 2 is 1.96 bits per heavy atom. The highest BCUT2D eigenvalue weighted by Gasteiger charge is 2.33. The van der Waals surface area contributed by atoms with Gasteiger partial charge in [0.2, 0.25) is 0 Å². The van der Waals surface area contributed by atoms with Crippen LogP contribution in [0.25, 0.3) is 0 Å². The molecule has 1 aromatic rings. The zero-order chi connectivity index (χ0) is 16.1. The summed E-state index contributed by atoms with van der Waals surface area (Å²) in [4.78, 5) is 2.53. The van der Waals surface area contributed by atoms with Gasteiger partial charge >= 0.3 is 0 Å². The molecule has 23 heavy (non-hydrogen) atoms. The molecular weight excluding hydrogens is 290 g/mol. The number of ether oxygens (including phenoxy) is 3. The van der Waals surface area contributed by atoms with Crippen molar-refractivity contribution in [2.45, 2.75) is 51.9 Å². The van der Waals surface area contributed by atoms with E-state index >= 15 is 0 Å². The van der Waals surface area contributed by atoms with Gasteiger partial charge in [-0.25, -0.2) is 0 Å². The largest absolute Gasteiger partial charge is 0.494 e. The van der Waals surface area contributed by atoms with Crippen molar-refractivity contribution >= 4 is 0 Å². The standard InChI is InChI=1S/C19H29NO3/c1-15-7-8-17(14-16(15)2)21-11-5-10-20-9-4-3-6-18(20)19-22-12-13-23-19/h7-8,14,18-19H,3-6,9-13H2,1-2H3. The van der Waals surface area contributed by atoms with Gasteiger partial charge in [-0.3, -0.25) is 4.90 Å². The lowest BCUT2D eigenvalue weighted by Gasteiger charge is -2.37. The molecule has 2 fully saturated rings. The second-order valence-electron chi connectivity index (χ2n) is 6.66. The Hall–Kier alpha value is -1.10. The summed E-state index contributed by atoms with van der Waals surface area (Å²) in [5.41, 5.74) is 2.60. The minimum atomic E-state index is -0.0176. The highest BCUT2D eigenvalue weighted by atomic mass is 16.7. The molecule has 1 unspecified atom stereocenters. The highest BCUT2D eigenvalue weighted by molar-refractivity contribution is 5.33.